The first kappa shape index (κ1) is 12.9. The van der Waals surface area contributed by atoms with E-state index in [0.717, 1.165) is 12.8 Å². The molecule has 0 aliphatic rings. The number of ether oxygens (including phenoxy) is 1. The standard InChI is InChI=1S/C10H24N2O/c1-6-7-8(12-11)9(13-5)10(2,3)4/h8-9,12H,6-7,11H2,1-5H3. The normalized spacial score (nSPS) is 17.1. The minimum atomic E-state index is 0.126. The molecule has 0 aliphatic heterocycles. The Morgan fingerprint density at radius 1 is 1.38 bits per heavy atom. The third-order valence-corrected chi connectivity index (χ3v) is 2.29. The van der Waals surface area contributed by atoms with Crippen LogP contribution in [0.4, 0.5) is 0 Å². The molecule has 0 aliphatic carbocycles. The molecule has 0 saturated carbocycles. The van der Waals surface area contributed by atoms with Crippen LogP contribution in [0.1, 0.15) is 40.5 Å². The molecule has 0 saturated heterocycles. The van der Waals surface area contributed by atoms with E-state index in [1.165, 1.54) is 0 Å². The summed E-state index contributed by atoms with van der Waals surface area (Å²) in [7, 11) is 1.75. The van der Waals surface area contributed by atoms with Crippen LogP contribution in [0.5, 0.6) is 0 Å². The molecule has 0 aromatic heterocycles. The van der Waals surface area contributed by atoms with Gasteiger partial charge in [-0.05, 0) is 11.8 Å². The van der Waals surface area contributed by atoms with Crippen LogP contribution in [0.25, 0.3) is 0 Å². The Kier molecular flexibility index (Phi) is 5.53. The van der Waals surface area contributed by atoms with Crippen molar-refractivity contribution in [3.8, 4) is 0 Å². The summed E-state index contributed by atoms with van der Waals surface area (Å²) in [6.45, 7) is 8.66. The van der Waals surface area contributed by atoms with E-state index in [1.54, 1.807) is 7.11 Å². The molecule has 0 radical (unpaired) electrons. The van der Waals surface area contributed by atoms with Gasteiger partial charge in [0.2, 0.25) is 0 Å². The fraction of sp³-hybridized carbons (Fsp3) is 1.00. The second-order valence-corrected chi connectivity index (χ2v) is 4.58. The summed E-state index contributed by atoms with van der Waals surface area (Å²) in [5, 5.41) is 0. The summed E-state index contributed by atoms with van der Waals surface area (Å²) >= 11 is 0. The number of hydrazine groups is 1. The van der Waals surface area contributed by atoms with Gasteiger partial charge < -0.3 is 4.74 Å². The lowest BCUT2D eigenvalue weighted by molar-refractivity contribution is -0.0133. The molecular weight excluding hydrogens is 164 g/mol. The van der Waals surface area contributed by atoms with E-state index in [9.17, 15) is 0 Å². The zero-order chi connectivity index (χ0) is 10.5. The van der Waals surface area contributed by atoms with Crippen molar-refractivity contribution in [2.45, 2.75) is 52.7 Å². The van der Waals surface area contributed by atoms with Gasteiger partial charge in [0, 0.05) is 13.2 Å². The zero-order valence-corrected chi connectivity index (χ0v) is 9.55. The topological polar surface area (TPSA) is 47.3 Å². The average Bonchev–Trinajstić information content (AvgIpc) is 2.01. The molecule has 0 amide bonds. The molecule has 3 heteroatoms. The Bertz CT molecular complexity index is 131. The van der Waals surface area contributed by atoms with Crippen molar-refractivity contribution in [3.63, 3.8) is 0 Å². The first-order chi connectivity index (χ1) is 5.97. The monoisotopic (exact) mass is 188 g/mol. The largest absolute Gasteiger partial charge is 0.379 e. The molecule has 3 nitrogen and oxygen atoms in total. The van der Waals surface area contributed by atoms with Crippen LogP contribution in [-0.4, -0.2) is 19.3 Å². The predicted molar refractivity (Wildman–Crippen MR) is 56.3 cm³/mol. The van der Waals surface area contributed by atoms with E-state index in [-0.39, 0.29) is 17.6 Å². The smallest absolute Gasteiger partial charge is 0.0785 e. The van der Waals surface area contributed by atoms with E-state index in [2.05, 4.69) is 33.1 Å². The third kappa shape index (κ3) is 4.07. The molecule has 3 N–H and O–H groups in total. The van der Waals surface area contributed by atoms with E-state index >= 15 is 0 Å². The van der Waals surface area contributed by atoms with Gasteiger partial charge in [-0.1, -0.05) is 34.1 Å². The van der Waals surface area contributed by atoms with Crippen LogP contribution in [0.3, 0.4) is 0 Å². The number of nitrogens with one attached hydrogen (secondary N) is 1. The number of methoxy groups -OCH3 is 1. The van der Waals surface area contributed by atoms with E-state index in [1.807, 2.05) is 0 Å². The van der Waals surface area contributed by atoms with Gasteiger partial charge in [-0.2, -0.15) is 0 Å². The quantitative estimate of drug-likeness (QED) is 0.510. The number of hydrogen-bond donors (Lipinski definition) is 2. The molecule has 0 rings (SSSR count). The second kappa shape index (κ2) is 5.58. The number of rotatable bonds is 5. The van der Waals surface area contributed by atoms with Gasteiger partial charge in [0.15, 0.2) is 0 Å². The molecule has 2 atom stereocenters. The maximum absolute atomic E-state index is 5.50. The minimum absolute atomic E-state index is 0.126. The lowest BCUT2D eigenvalue weighted by Crippen LogP contribution is -2.50. The summed E-state index contributed by atoms with van der Waals surface area (Å²) in [5.41, 5.74) is 2.96. The fourth-order valence-electron chi connectivity index (χ4n) is 1.75. The fourth-order valence-corrected chi connectivity index (χ4v) is 1.75. The molecule has 0 aromatic rings. The Balaban J connectivity index is 4.34. The van der Waals surface area contributed by atoms with Gasteiger partial charge >= 0.3 is 0 Å². The van der Waals surface area contributed by atoms with Gasteiger partial charge in [0.05, 0.1) is 6.10 Å². The predicted octanol–water partition coefficient (Wildman–Crippen LogP) is 1.68. The first-order valence-electron chi connectivity index (χ1n) is 4.96. The highest BCUT2D eigenvalue weighted by Gasteiger charge is 2.30. The van der Waals surface area contributed by atoms with Gasteiger partial charge in [0.1, 0.15) is 0 Å². The van der Waals surface area contributed by atoms with Gasteiger partial charge in [-0.15, -0.1) is 0 Å². The zero-order valence-electron chi connectivity index (χ0n) is 9.55. The van der Waals surface area contributed by atoms with Crippen LogP contribution in [0, 0.1) is 5.41 Å². The van der Waals surface area contributed by atoms with Crippen LogP contribution >= 0.6 is 0 Å². The molecule has 0 spiro atoms. The maximum Gasteiger partial charge on any atom is 0.0785 e. The van der Waals surface area contributed by atoms with Crippen LogP contribution in [0.2, 0.25) is 0 Å². The molecular formula is C10H24N2O. The van der Waals surface area contributed by atoms with E-state index < -0.39 is 0 Å². The molecule has 0 aromatic carbocycles. The highest BCUT2D eigenvalue weighted by Crippen LogP contribution is 2.25. The molecule has 2 unspecified atom stereocenters. The SMILES string of the molecule is CCCC(NN)C(OC)C(C)(C)C. The van der Waals surface area contributed by atoms with Crippen molar-refractivity contribution in [1.29, 1.82) is 0 Å². The van der Waals surface area contributed by atoms with Crippen molar-refractivity contribution < 1.29 is 4.74 Å². The van der Waals surface area contributed by atoms with Crippen molar-refractivity contribution >= 4 is 0 Å². The Hall–Kier alpha value is -0.120. The van der Waals surface area contributed by atoms with Crippen LogP contribution < -0.4 is 11.3 Å². The second-order valence-electron chi connectivity index (χ2n) is 4.58. The van der Waals surface area contributed by atoms with E-state index in [4.69, 9.17) is 10.6 Å². The van der Waals surface area contributed by atoms with Gasteiger partial charge in [0.25, 0.3) is 0 Å². The molecule has 0 fully saturated rings. The van der Waals surface area contributed by atoms with Gasteiger partial charge in [-0.25, -0.2) is 0 Å². The van der Waals surface area contributed by atoms with Crippen molar-refractivity contribution in [1.82, 2.24) is 5.43 Å². The van der Waals surface area contributed by atoms with Crippen LogP contribution in [0.15, 0.2) is 0 Å². The summed E-state index contributed by atoms with van der Waals surface area (Å²) in [5.74, 6) is 5.50. The maximum atomic E-state index is 5.50. The Morgan fingerprint density at radius 2 is 1.92 bits per heavy atom. The lowest BCUT2D eigenvalue weighted by Gasteiger charge is -2.35. The summed E-state index contributed by atoms with van der Waals surface area (Å²) < 4.78 is 5.48. The molecule has 80 valence electrons. The van der Waals surface area contributed by atoms with Gasteiger partial charge in [-0.3, -0.25) is 11.3 Å². The lowest BCUT2D eigenvalue weighted by atomic mass is 9.83. The molecule has 13 heavy (non-hydrogen) atoms. The van der Waals surface area contributed by atoms with Crippen molar-refractivity contribution in [2.24, 2.45) is 11.3 Å². The summed E-state index contributed by atoms with van der Waals surface area (Å²) in [6.07, 6.45) is 2.33. The summed E-state index contributed by atoms with van der Waals surface area (Å²) in [6, 6.07) is 0.245. The number of hydrogen-bond acceptors (Lipinski definition) is 3. The summed E-state index contributed by atoms with van der Waals surface area (Å²) in [4.78, 5) is 0. The average molecular weight is 188 g/mol. The Labute approximate surface area is 82.0 Å². The van der Waals surface area contributed by atoms with Crippen molar-refractivity contribution in [2.75, 3.05) is 7.11 Å². The van der Waals surface area contributed by atoms with E-state index in [0.29, 0.717) is 0 Å². The highest BCUT2D eigenvalue weighted by molar-refractivity contribution is 4.84. The van der Waals surface area contributed by atoms with Crippen molar-refractivity contribution in [3.05, 3.63) is 0 Å². The minimum Gasteiger partial charge on any atom is -0.379 e. The number of nitrogens with two attached hydrogens (primary N) is 1. The van der Waals surface area contributed by atoms with Crippen LogP contribution in [-0.2, 0) is 4.74 Å². The molecule has 0 bridgehead atoms. The third-order valence-electron chi connectivity index (χ3n) is 2.29. The first-order valence-corrected chi connectivity index (χ1v) is 4.96. The molecule has 0 heterocycles. The highest BCUT2D eigenvalue weighted by atomic mass is 16.5. The Morgan fingerprint density at radius 3 is 2.15 bits per heavy atom.